The molecule has 0 aromatic heterocycles. The highest BCUT2D eigenvalue weighted by Crippen LogP contribution is 2.31. The van der Waals surface area contributed by atoms with Crippen LogP contribution in [0.25, 0.3) is 5.57 Å². The van der Waals surface area contributed by atoms with E-state index in [0.717, 1.165) is 47.6 Å². The van der Waals surface area contributed by atoms with Crippen LogP contribution in [0.2, 0.25) is 0 Å². The molecule has 0 fully saturated rings. The van der Waals surface area contributed by atoms with Crippen LogP contribution in [0.1, 0.15) is 53.5 Å². The Hall–Kier alpha value is -2.53. The first-order chi connectivity index (χ1) is 14.4. The Morgan fingerprint density at radius 2 is 1.73 bits per heavy atom. The molecule has 1 N–H and O–H groups in total. The zero-order valence-electron chi connectivity index (χ0n) is 17.6. The van der Waals surface area contributed by atoms with Crippen molar-refractivity contribution in [2.24, 2.45) is 0 Å². The van der Waals surface area contributed by atoms with Crippen LogP contribution in [-0.4, -0.2) is 24.3 Å². The fourth-order valence-electron chi connectivity index (χ4n) is 4.12. The molecule has 0 radical (unpaired) electrons. The molecule has 0 bridgehead atoms. The second kappa shape index (κ2) is 9.98. The zero-order chi connectivity index (χ0) is 21.7. The first-order valence-corrected chi connectivity index (χ1v) is 10.4. The third kappa shape index (κ3) is 5.33. The van der Waals surface area contributed by atoms with Gasteiger partial charge in [0.05, 0.1) is 13.2 Å². The van der Waals surface area contributed by atoms with E-state index in [1.807, 2.05) is 13.0 Å². The highest BCUT2D eigenvalue weighted by atomic mass is 19.1. The van der Waals surface area contributed by atoms with Crippen molar-refractivity contribution in [3.8, 4) is 0 Å². The maximum Gasteiger partial charge on any atom is 0.303 e. The molecule has 0 aliphatic carbocycles. The van der Waals surface area contributed by atoms with E-state index in [2.05, 4.69) is 13.0 Å². The van der Waals surface area contributed by atoms with E-state index in [0.29, 0.717) is 31.6 Å². The lowest BCUT2D eigenvalue weighted by Crippen LogP contribution is -2.12. The molecule has 5 heteroatoms. The van der Waals surface area contributed by atoms with Crippen LogP contribution in [0.3, 0.4) is 0 Å². The monoisotopic (exact) mass is 414 g/mol. The molecule has 0 saturated carbocycles. The topological polar surface area (TPSA) is 46.5 Å². The molecule has 0 spiro atoms. The molecule has 2 aromatic rings. The number of halogens is 2. The van der Waals surface area contributed by atoms with Gasteiger partial charge in [0.15, 0.2) is 0 Å². The standard InChI is InChI=1S/C25H28F2O3/c1-16-17(2)19(8-11-25(28)29)7-6-18(16)4-3-5-20-15-30-13-12-22(20)23-10-9-21(26)14-24(23)27/h6-7,9-10,14H,3-5,8,11-13,15H2,1-2H3,(H,28,29). The predicted molar refractivity (Wildman–Crippen MR) is 114 cm³/mol. The van der Waals surface area contributed by atoms with Crippen molar-refractivity contribution in [3.05, 3.63) is 75.4 Å². The number of carboxylic acids is 1. The van der Waals surface area contributed by atoms with Gasteiger partial charge in [0.1, 0.15) is 11.6 Å². The predicted octanol–water partition coefficient (Wildman–Crippen LogP) is 5.80. The van der Waals surface area contributed by atoms with Crippen LogP contribution >= 0.6 is 0 Å². The highest BCUT2D eigenvalue weighted by molar-refractivity contribution is 5.70. The average molecular weight is 414 g/mol. The fourth-order valence-corrected chi connectivity index (χ4v) is 4.12. The number of ether oxygens (including phenoxy) is 1. The zero-order valence-corrected chi connectivity index (χ0v) is 17.6. The second-order valence-electron chi connectivity index (χ2n) is 7.89. The fraction of sp³-hybridized carbons (Fsp3) is 0.400. The minimum absolute atomic E-state index is 0.135. The minimum atomic E-state index is -0.785. The van der Waals surface area contributed by atoms with E-state index < -0.39 is 17.6 Å². The van der Waals surface area contributed by atoms with Gasteiger partial charge in [-0.05, 0) is 91.5 Å². The Bertz CT molecular complexity index is 963. The van der Waals surface area contributed by atoms with Crippen molar-refractivity contribution in [2.75, 3.05) is 13.2 Å². The molecule has 160 valence electrons. The van der Waals surface area contributed by atoms with Crippen molar-refractivity contribution < 1.29 is 23.4 Å². The van der Waals surface area contributed by atoms with Gasteiger partial charge in [-0.15, -0.1) is 0 Å². The van der Waals surface area contributed by atoms with E-state index in [1.54, 1.807) is 0 Å². The lowest BCUT2D eigenvalue weighted by molar-refractivity contribution is -0.136. The Kier molecular flexibility index (Phi) is 7.38. The lowest BCUT2D eigenvalue weighted by Gasteiger charge is -2.22. The number of carbonyl (C=O) groups is 1. The third-order valence-corrected chi connectivity index (χ3v) is 6.00. The van der Waals surface area contributed by atoms with E-state index in [4.69, 9.17) is 9.84 Å². The number of hydrogen-bond acceptors (Lipinski definition) is 2. The summed E-state index contributed by atoms with van der Waals surface area (Å²) in [5.41, 5.74) is 7.19. The largest absolute Gasteiger partial charge is 0.481 e. The summed E-state index contributed by atoms with van der Waals surface area (Å²) in [6.45, 7) is 5.16. The first-order valence-electron chi connectivity index (χ1n) is 10.4. The van der Waals surface area contributed by atoms with Gasteiger partial charge in [-0.25, -0.2) is 8.78 Å². The van der Waals surface area contributed by atoms with E-state index >= 15 is 0 Å². The molecule has 1 aliphatic heterocycles. The Morgan fingerprint density at radius 3 is 2.40 bits per heavy atom. The van der Waals surface area contributed by atoms with Crippen LogP contribution in [0.5, 0.6) is 0 Å². The van der Waals surface area contributed by atoms with Gasteiger partial charge in [-0.1, -0.05) is 12.1 Å². The van der Waals surface area contributed by atoms with Crippen molar-refractivity contribution in [3.63, 3.8) is 0 Å². The third-order valence-electron chi connectivity index (χ3n) is 6.00. The molecule has 2 aromatic carbocycles. The summed E-state index contributed by atoms with van der Waals surface area (Å²) in [6, 6.07) is 7.88. The van der Waals surface area contributed by atoms with Crippen LogP contribution < -0.4 is 0 Å². The van der Waals surface area contributed by atoms with Gasteiger partial charge in [0.2, 0.25) is 0 Å². The summed E-state index contributed by atoms with van der Waals surface area (Å²) in [4.78, 5) is 10.8. The van der Waals surface area contributed by atoms with E-state index in [-0.39, 0.29) is 6.42 Å². The smallest absolute Gasteiger partial charge is 0.303 e. The van der Waals surface area contributed by atoms with Crippen LogP contribution in [0, 0.1) is 25.5 Å². The SMILES string of the molecule is Cc1c(CCCC2=C(c3ccc(F)cc3F)CCOC2)ccc(CCC(=O)O)c1C. The van der Waals surface area contributed by atoms with Gasteiger partial charge in [-0.3, -0.25) is 4.79 Å². The Labute approximate surface area is 176 Å². The molecule has 30 heavy (non-hydrogen) atoms. The first kappa shape index (κ1) is 22.2. The molecule has 3 nitrogen and oxygen atoms in total. The van der Waals surface area contributed by atoms with Gasteiger partial charge < -0.3 is 9.84 Å². The maximum atomic E-state index is 14.3. The molecule has 1 aliphatic rings. The highest BCUT2D eigenvalue weighted by Gasteiger charge is 2.18. The molecule has 0 atom stereocenters. The molecule has 3 rings (SSSR count). The number of benzene rings is 2. The average Bonchev–Trinajstić information content (AvgIpc) is 2.71. The molecule has 0 amide bonds. The maximum absolute atomic E-state index is 14.3. The Morgan fingerprint density at radius 1 is 1.03 bits per heavy atom. The number of aliphatic carboxylic acids is 1. The van der Waals surface area contributed by atoms with Crippen LogP contribution in [0.15, 0.2) is 35.9 Å². The summed E-state index contributed by atoms with van der Waals surface area (Å²) in [5, 5.41) is 8.91. The van der Waals surface area contributed by atoms with E-state index in [9.17, 15) is 13.6 Å². The number of carboxylic acid groups (broad SMARTS) is 1. The molecule has 0 unspecified atom stereocenters. The van der Waals surface area contributed by atoms with Crippen molar-refractivity contribution in [1.82, 2.24) is 0 Å². The summed E-state index contributed by atoms with van der Waals surface area (Å²) < 4.78 is 33.2. The van der Waals surface area contributed by atoms with Gasteiger partial charge in [0, 0.05) is 18.1 Å². The van der Waals surface area contributed by atoms with Crippen LogP contribution in [0.4, 0.5) is 8.78 Å². The number of hydrogen-bond donors (Lipinski definition) is 1. The van der Waals surface area contributed by atoms with Crippen molar-refractivity contribution >= 4 is 11.5 Å². The van der Waals surface area contributed by atoms with Gasteiger partial charge >= 0.3 is 5.97 Å². The summed E-state index contributed by atoms with van der Waals surface area (Å²) >= 11 is 0. The lowest BCUT2D eigenvalue weighted by atomic mass is 9.90. The Balaban J connectivity index is 1.70. The second-order valence-corrected chi connectivity index (χ2v) is 7.89. The summed E-state index contributed by atoms with van der Waals surface area (Å²) in [5.74, 6) is -1.87. The normalized spacial score (nSPS) is 14.3. The quantitative estimate of drug-likeness (QED) is 0.594. The van der Waals surface area contributed by atoms with Crippen LogP contribution in [-0.2, 0) is 22.4 Å². The molecular weight excluding hydrogens is 386 g/mol. The summed E-state index contributed by atoms with van der Waals surface area (Å²) in [6.07, 6.45) is 3.89. The number of aryl methyl sites for hydroxylation is 2. The summed E-state index contributed by atoms with van der Waals surface area (Å²) in [7, 11) is 0. The molecule has 1 heterocycles. The minimum Gasteiger partial charge on any atom is -0.481 e. The van der Waals surface area contributed by atoms with Crippen molar-refractivity contribution in [2.45, 2.75) is 52.4 Å². The number of rotatable bonds is 8. The molecule has 0 saturated heterocycles. The molecular formula is C25H28F2O3. The van der Waals surface area contributed by atoms with Gasteiger partial charge in [0.25, 0.3) is 0 Å². The van der Waals surface area contributed by atoms with E-state index in [1.165, 1.54) is 23.3 Å². The van der Waals surface area contributed by atoms with Crippen molar-refractivity contribution in [1.29, 1.82) is 0 Å². The van der Waals surface area contributed by atoms with Gasteiger partial charge in [-0.2, -0.15) is 0 Å².